The van der Waals surface area contributed by atoms with Gasteiger partial charge < -0.3 is 14.4 Å². The van der Waals surface area contributed by atoms with Gasteiger partial charge in [-0.2, -0.15) is 0 Å². The van der Waals surface area contributed by atoms with Crippen molar-refractivity contribution in [1.29, 1.82) is 0 Å². The summed E-state index contributed by atoms with van der Waals surface area (Å²) in [4.78, 5) is 14.4. The Bertz CT molecular complexity index is 924. The molecule has 0 spiro atoms. The first-order valence-electron chi connectivity index (χ1n) is 9.03. The van der Waals surface area contributed by atoms with Crippen molar-refractivity contribution in [3.8, 4) is 11.5 Å². The fourth-order valence-electron chi connectivity index (χ4n) is 3.55. The Balaban J connectivity index is 1.97. The van der Waals surface area contributed by atoms with Crippen molar-refractivity contribution >= 4 is 22.4 Å². The number of hydrogen-bond donors (Lipinski definition) is 0. The molecule has 3 rings (SSSR count). The molecule has 0 saturated carbocycles. The normalized spacial score (nSPS) is 11.9. The molecule has 4 heteroatoms. The maximum absolute atomic E-state index is 12.5. The van der Waals surface area contributed by atoms with Crippen LogP contribution in [0.2, 0.25) is 0 Å². The van der Waals surface area contributed by atoms with Crippen molar-refractivity contribution in [2.24, 2.45) is 0 Å². The molecule has 27 heavy (non-hydrogen) atoms. The van der Waals surface area contributed by atoms with Crippen LogP contribution in [0.3, 0.4) is 0 Å². The average Bonchev–Trinajstić information content (AvgIpc) is 2.67. The first kappa shape index (κ1) is 18.8. The number of amides is 1. The second-order valence-corrected chi connectivity index (χ2v) is 6.66. The molecule has 0 saturated heterocycles. The van der Waals surface area contributed by atoms with Gasteiger partial charge in [-0.05, 0) is 42.5 Å². The highest BCUT2D eigenvalue weighted by Crippen LogP contribution is 2.30. The summed E-state index contributed by atoms with van der Waals surface area (Å²) < 4.78 is 10.7. The van der Waals surface area contributed by atoms with E-state index in [-0.39, 0.29) is 11.9 Å². The molecule has 3 aromatic rings. The van der Waals surface area contributed by atoms with Crippen molar-refractivity contribution in [2.45, 2.75) is 26.3 Å². The molecule has 140 valence electrons. The zero-order valence-corrected chi connectivity index (χ0v) is 16.2. The van der Waals surface area contributed by atoms with Crippen LogP contribution in [-0.4, -0.2) is 26.2 Å². The lowest BCUT2D eigenvalue weighted by atomic mass is 10.0. The quantitative estimate of drug-likeness (QED) is 0.629. The van der Waals surface area contributed by atoms with Gasteiger partial charge in [0.2, 0.25) is 5.91 Å². The molecule has 0 aliphatic heterocycles. The van der Waals surface area contributed by atoms with Crippen molar-refractivity contribution in [2.75, 3.05) is 19.1 Å². The van der Waals surface area contributed by atoms with Gasteiger partial charge in [0.05, 0.1) is 19.9 Å². The minimum atomic E-state index is -0.0230. The number of hydrogen-bond acceptors (Lipinski definition) is 3. The van der Waals surface area contributed by atoms with E-state index in [1.165, 1.54) is 0 Å². The molecular formula is C23H25NO3. The first-order chi connectivity index (χ1) is 13.0. The molecule has 1 amide bonds. The van der Waals surface area contributed by atoms with E-state index in [4.69, 9.17) is 9.47 Å². The second-order valence-electron chi connectivity index (χ2n) is 6.66. The van der Waals surface area contributed by atoms with Gasteiger partial charge in [-0.15, -0.1) is 0 Å². The number of fused-ring (bicyclic) bond motifs is 1. The summed E-state index contributed by atoms with van der Waals surface area (Å²) in [5.41, 5.74) is 1.99. The van der Waals surface area contributed by atoms with E-state index in [1.54, 1.807) is 21.1 Å². The molecule has 0 fully saturated rings. The van der Waals surface area contributed by atoms with Gasteiger partial charge in [0.1, 0.15) is 11.5 Å². The maximum atomic E-state index is 12.5. The molecule has 0 bridgehead atoms. The topological polar surface area (TPSA) is 38.8 Å². The Labute approximate surface area is 160 Å². The highest BCUT2D eigenvalue weighted by Gasteiger charge is 2.21. The van der Waals surface area contributed by atoms with Crippen molar-refractivity contribution in [3.63, 3.8) is 0 Å². The summed E-state index contributed by atoms with van der Waals surface area (Å²) in [7, 11) is 3.28. The maximum Gasteiger partial charge on any atom is 0.224 e. The van der Waals surface area contributed by atoms with Crippen LogP contribution < -0.4 is 14.4 Å². The van der Waals surface area contributed by atoms with Crippen LogP contribution in [0.4, 0.5) is 5.69 Å². The molecule has 0 aromatic heterocycles. The lowest BCUT2D eigenvalue weighted by Crippen LogP contribution is -2.38. The minimum absolute atomic E-state index is 0.0220. The predicted octanol–water partition coefficient (Wildman–Crippen LogP) is 4.84. The summed E-state index contributed by atoms with van der Waals surface area (Å²) in [6.07, 6.45) is 0.691. The molecule has 0 N–H and O–H groups in total. The Hall–Kier alpha value is -3.01. The second kappa shape index (κ2) is 8.12. The number of rotatable bonds is 6. The smallest absolute Gasteiger partial charge is 0.224 e. The molecule has 1 atom stereocenters. The van der Waals surface area contributed by atoms with E-state index in [2.05, 4.69) is 25.1 Å². The van der Waals surface area contributed by atoms with E-state index < -0.39 is 0 Å². The molecule has 0 unspecified atom stereocenters. The van der Waals surface area contributed by atoms with Gasteiger partial charge in [0, 0.05) is 24.4 Å². The van der Waals surface area contributed by atoms with Crippen LogP contribution in [0.1, 0.15) is 19.4 Å². The summed E-state index contributed by atoms with van der Waals surface area (Å²) in [6, 6.07) is 20.0. The number of anilines is 1. The largest absolute Gasteiger partial charge is 0.497 e. The van der Waals surface area contributed by atoms with Gasteiger partial charge in [-0.1, -0.05) is 36.4 Å². The predicted molar refractivity (Wildman–Crippen MR) is 110 cm³/mol. The number of ether oxygens (including phenoxy) is 2. The van der Waals surface area contributed by atoms with Crippen LogP contribution in [0.5, 0.6) is 11.5 Å². The average molecular weight is 363 g/mol. The van der Waals surface area contributed by atoms with Gasteiger partial charge in [-0.25, -0.2) is 0 Å². The van der Waals surface area contributed by atoms with Crippen LogP contribution in [0.15, 0.2) is 60.7 Å². The first-order valence-corrected chi connectivity index (χ1v) is 9.03. The molecule has 0 aliphatic rings. The number of methoxy groups -OCH3 is 2. The third-order valence-electron chi connectivity index (χ3n) is 4.75. The van der Waals surface area contributed by atoms with Crippen LogP contribution in [0, 0.1) is 0 Å². The van der Waals surface area contributed by atoms with Crippen molar-refractivity contribution < 1.29 is 14.3 Å². The molecule has 0 radical (unpaired) electrons. The van der Waals surface area contributed by atoms with Gasteiger partial charge in [-0.3, -0.25) is 4.79 Å². The summed E-state index contributed by atoms with van der Waals surface area (Å²) >= 11 is 0. The Morgan fingerprint density at radius 3 is 2.22 bits per heavy atom. The van der Waals surface area contributed by atoms with Crippen LogP contribution in [-0.2, 0) is 11.2 Å². The Morgan fingerprint density at radius 1 is 0.963 bits per heavy atom. The molecule has 0 aliphatic carbocycles. The zero-order valence-electron chi connectivity index (χ0n) is 16.2. The van der Waals surface area contributed by atoms with E-state index in [0.29, 0.717) is 6.42 Å². The lowest BCUT2D eigenvalue weighted by molar-refractivity contribution is -0.116. The standard InChI is InChI=1S/C23H25NO3/c1-16(12-18-13-20(26-3)15-21(14-18)27-4)24(17(2)25)23-11-7-9-19-8-5-6-10-22(19)23/h5-11,13-16H,12H2,1-4H3/t16-/m0/s1. The van der Waals surface area contributed by atoms with Gasteiger partial charge in [0.25, 0.3) is 0 Å². The molecular weight excluding hydrogens is 338 g/mol. The third-order valence-corrected chi connectivity index (χ3v) is 4.75. The monoisotopic (exact) mass is 363 g/mol. The van der Waals surface area contributed by atoms with Gasteiger partial charge in [0.15, 0.2) is 0 Å². The number of carbonyl (C=O) groups excluding carboxylic acids is 1. The van der Waals surface area contributed by atoms with E-state index >= 15 is 0 Å². The number of nitrogens with zero attached hydrogens (tertiary/aromatic N) is 1. The lowest BCUT2D eigenvalue weighted by Gasteiger charge is -2.30. The van der Waals surface area contributed by atoms with E-state index in [1.807, 2.05) is 47.4 Å². The summed E-state index contributed by atoms with van der Waals surface area (Å²) in [5.74, 6) is 1.51. The highest BCUT2D eigenvalue weighted by molar-refractivity contribution is 6.03. The van der Waals surface area contributed by atoms with Crippen molar-refractivity contribution in [3.05, 3.63) is 66.2 Å². The summed E-state index contributed by atoms with van der Waals surface area (Å²) in [6.45, 7) is 3.68. The summed E-state index contributed by atoms with van der Waals surface area (Å²) in [5, 5.41) is 2.20. The fourth-order valence-corrected chi connectivity index (χ4v) is 3.55. The highest BCUT2D eigenvalue weighted by atomic mass is 16.5. The van der Waals surface area contributed by atoms with Crippen LogP contribution in [0.25, 0.3) is 10.8 Å². The molecule has 0 heterocycles. The van der Waals surface area contributed by atoms with E-state index in [0.717, 1.165) is 33.5 Å². The van der Waals surface area contributed by atoms with Crippen LogP contribution >= 0.6 is 0 Å². The zero-order chi connectivity index (χ0) is 19.4. The number of benzene rings is 3. The molecule has 3 aromatic carbocycles. The SMILES string of the molecule is COc1cc(C[C@H](C)N(C(C)=O)c2cccc3ccccc23)cc(OC)c1. The Kier molecular flexibility index (Phi) is 5.65. The minimum Gasteiger partial charge on any atom is -0.497 e. The van der Waals surface area contributed by atoms with Crippen molar-refractivity contribution in [1.82, 2.24) is 0 Å². The van der Waals surface area contributed by atoms with E-state index in [9.17, 15) is 4.79 Å². The third kappa shape index (κ3) is 4.05. The Morgan fingerprint density at radius 2 is 1.59 bits per heavy atom. The molecule has 4 nitrogen and oxygen atoms in total. The fraction of sp³-hybridized carbons (Fsp3) is 0.261. The number of carbonyl (C=O) groups is 1. The van der Waals surface area contributed by atoms with Gasteiger partial charge >= 0.3 is 0 Å².